The molecule has 6 aromatic rings. The quantitative estimate of drug-likeness (QED) is 0.0843. The highest BCUT2D eigenvalue weighted by Crippen LogP contribution is 2.40. The van der Waals surface area contributed by atoms with Crippen molar-refractivity contribution in [3.05, 3.63) is 115 Å². The third-order valence-corrected chi connectivity index (χ3v) is 15.7. The number of benzene rings is 2. The van der Waals surface area contributed by atoms with E-state index in [0.29, 0.717) is 49.0 Å². The highest BCUT2D eigenvalue weighted by Gasteiger charge is 2.44. The first-order chi connectivity index (χ1) is 33.3. The molecule has 0 radical (unpaired) electrons. The van der Waals surface area contributed by atoms with Gasteiger partial charge in [0.25, 0.3) is 5.88 Å². The van der Waals surface area contributed by atoms with E-state index in [1.165, 1.54) is 4.88 Å². The molecular formula is C50H56ClN9O7S2. The second-order valence-corrected chi connectivity index (χ2v) is 20.8. The minimum Gasteiger partial charge on any atom is -0.473 e. The van der Waals surface area contributed by atoms with Crippen LogP contribution in [0.25, 0.3) is 15.4 Å². The fourth-order valence-electron chi connectivity index (χ4n) is 9.30. The topological polar surface area (TPSA) is 188 Å². The molecule has 2 N–H and O–H groups in total. The zero-order valence-corrected chi connectivity index (χ0v) is 42.0. The van der Waals surface area contributed by atoms with E-state index in [4.69, 9.17) is 35.3 Å². The predicted octanol–water partition coefficient (Wildman–Crippen LogP) is 8.02. The largest absolute Gasteiger partial charge is 0.473 e. The number of thiophene rings is 1. The fraction of sp³-hybridized carbons (Fsp3) is 0.440. The number of fused-ring (bicyclic) bond motifs is 3. The Balaban J connectivity index is 0.750. The fourth-order valence-corrected chi connectivity index (χ4v) is 11.4. The number of aromatic nitrogens is 5. The Bertz CT molecular complexity index is 2850. The van der Waals surface area contributed by atoms with Crippen LogP contribution in [0.3, 0.4) is 0 Å². The second-order valence-electron chi connectivity index (χ2n) is 18.3. The lowest BCUT2D eigenvalue weighted by molar-refractivity contribution is -0.141. The number of amides is 3. The van der Waals surface area contributed by atoms with Gasteiger partial charge < -0.3 is 34.3 Å². The Hall–Kier alpha value is -5.79. The summed E-state index contributed by atoms with van der Waals surface area (Å²) < 4.78 is 25.4. The molecule has 9 rings (SSSR count). The number of nitrogens with zero attached hydrogens (tertiary/aromatic N) is 7. The number of halogens is 1. The number of hydrogen-bond donors (Lipinski definition) is 2. The van der Waals surface area contributed by atoms with E-state index >= 15 is 0 Å². The average Bonchev–Trinajstić information content (AvgIpc) is 4.17. The lowest BCUT2D eigenvalue weighted by Gasteiger charge is -2.35. The van der Waals surface area contributed by atoms with E-state index in [1.807, 2.05) is 86.3 Å². The summed E-state index contributed by atoms with van der Waals surface area (Å²) in [5, 5.41) is 20.9. The zero-order valence-electron chi connectivity index (χ0n) is 39.7. The molecule has 2 aromatic carbocycles. The van der Waals surface area contributed by atoms with Crippen LogP contribution in [-0.4, -0.2) is 104 Å². The Labute approximate surface area is 413 Å². The van der Waals surface area contributed by atoms with E-state index < -0.39 is 18.0 Å². The van der Waals surface area contributed by atoms with Crippen molar-refractivity contribution >= 4 is 57.7 Å². The van der Waals surface area contributed by atoms with Crippen LogP contribution in [0.4, 0.5) is 0 Å². The maximum Gasteiger partial charge on any atom is 0.254 e. The third-order valence-electron chi connectivity index (χ3n) is 13.2. The molecule has 6 heterocycles. The molecule has 0 spiro atoms. The number of carbonyl (C=O) groups is 3. The third kappa shape index (κ3) is 10.3. The Morgan fingerprint density at radius 2 is 1.71 bits per heavy atom. The molecule has 2 fully saturated rings. The van der Waals surface area contributed by atoms with E-state index in [-0.39, 0.29) is 67.3 Å². The van der Waals surface area contributed by atoms with Crippen molar-refractivity contribution in [2.24, 2.45) is 10.9 Å². The van der Waals surface area contributed by atoms with Crippen molar-refractivity contribution in [2.45, 2.75) is 110 Å². The van der Waals surface area contributed by atoms with E-state index in [2.05, 4.69) is 44.8 Å². The number of aryl methyl sites for hydroxylation is 3. The molecule has 1 saturated carbocycles. The van der Waals surface area contributed by atoms with E-state index in [9.17, 15) is 14.4 Å². The Morgan fingerprint density at radius 3 is 2.42 bits per heavy atom. The predicted molar refractivity (Wildman–Crippen MR) is 263 cm³/mol. The first kappa shape index (κ1) is 48.2. The molecule has 1 saturated heterocycles. The van der Waals surface area contributed by atoms with Gasteiger partial charge in [-0.1, -0.05) is 61.8 Å². The molecule has 362 valence electrons. The molecule has 69 heavy (non-hydrogen) atoms. The molecule has 4 atom stereocenters. The van der Waals surface area contributed by atoms with Crippen molar-refractivity contribution in [2.75, 3.05) is 26.9 Å². The smallest absolute Gasteiger partial charge is 0.254 e. The SMILES string of the molecule is CO[C@@H]1C[C@@H](C(=O)NCc2ccc(-c3scnc3C)cc2)N(C(=O)[C@H](c2cc(OCCOC3CC(NC(=O)C[C@@H]4N=C(c5ccc(Cl)cc5)c5c(sc(C)c5C)-n5c(C)nnc54)C3)no2)C(C)C)C1. The second kappa shape index (κ2) is 20.7. The van der Waals surface area contributed by atoms with Gasteiger partial charge in [0, 0.05) is 59.8 Å². The zero-order chi connectivity index (χ0) is 48.5. The van der Waals surface area contributed by atoms with Gasteiger partial charge in [-0.25, -0.2) is 4.98 Å². The monoisotopic (exact) mass is 993 g/mol. The molecule has 0 bridgehead atoms. The van der Waals surface area contributed by atoms with Gasteiger partial charge in [-0.3, -0.25) is 23.9 Å². The minimum absolute atomic E-state index is 0.0410. The number of rotatable bonds is 17. The van der Waals surface area contributed by atoms with Gasteiger partial charge in [-0.15, -0.1) is 32.9 Å². The average molecular weight is 995 g/mol. The maximum absolute atomic E-state index is 14.3. The highest BCUT2D eigenvalue weighted by molar-refractivity contribution is 7.15. The first-order valence-electron chi connectivity index (χ1n) is 23.2. The number of hydrogen-bond acceptors (Lipinski definition) is 14. The normalized spacial score (nSPS) is 20.2. The van der Waals surface area contributed by atoms with E-state index in [1.54, 1.807) is 40.7 Å². The molecule has 1 aliphatic carbocycles. The summed E-state index contributed by atoms with van der Waals surface area (Å²) in [5.41, 5.74) is 8.70. The number of likely N-dealkylation sites (tertiary alicyclic amines) is 1. The summed E-state index contributed by atoms with van der Waals surface area (Å²) in [6, 6.07) is 16.0. The van der Waals surface area contributed by atoms with Gasteiger partial charge >= 0.3 is 0 Å². The lowest BCUT2D eigenvalue weighted by Crippen LogP contribution is -2.48. The summed E-state index contributed by atoms with van der Waals surface area (Å²) in [5.74, 6) is 0.478. The van der Waals surface area contributed by atoms with Gasteiger partial charge in [0.2, 0.25) is 17.7 Å². The number of methoxy groups -OCH3 is 1. The molecule has 4 aromatic heterocycles. The molecule has 3 aliphatic rings. The number of ether oxygens (including phenoxy) is 3. The van der Waals surface area contributed by atoms with E-state index in [0.717, 1.165) is 54.9 Å². The standard InChI is InChI=1S/C50H56ClN9O7S2/c1-26(2)43(49(63)59-24-37(64-7)20-39(59)48(62)52-23-31-8-10-33(11-9-31)46-28(4)53-25-68-46)40-22-42(58-67-40)66-17-16-65-36-18-35(19-36)54-41(61)21-38-47-57-56-30(6)60(47)50-44(27(3)29(5)69-50)45(55-38)32-12-14-34(51)15-13-32/h8-15,22,25-26,35-39,43H,16-21,23-24H2,1-7H3,(H,52,62)(H,54,61)/t35?,36?,37-,38+,39+,43+/m1/s1. The van der Waals surface area contributed by atoms with Crippen LogP contribution in [0, 0.1) is 33.6 Å². The molecule has 0 unspecified atom stereocenters. The molecule has 19 heteroatoms. The van der Waals surface area contributed by atoms with Gasteiger partial charge in [0.15, 0.2) is 11.6 Å². The first-order valence-corrected chi connectivity index (χ1v) is 25.3. The number of thiazole rings is 1. The number of aliphatic imine (C=N–C) groups is 1. The molecular weight excluding hydrogens is 938 g/mol. The van der Waals surface area contributed by atoms with Crippen LogP contribution in [0.1, 0.15) is 102 Å². The van der Waals surface area contributed by atoms with Gasteiger partial charge in [-0.05, 0) is 80.4 Å². The van der Waals surface area contributed by atoms with Crippen LogP contribution in [0.5, 0.6) is 5.88 Å². The van der Waals surface area contributed by atoms with Crippen molar-refractivity contribution in [3.63, 3.8) is 0 Å². The van der Waals surface area contributed by atoms with Crippen molar-refractivity contribution in [1.82, 2.24) is 40.4 Å². The van der Waals surface area contributed by atoms with Crippen molar-refractivity contribution in [1.29, 1.82) is 0 Å². The number of carbonyl (C=O) groups excluding carboxylic acids is 3. The van der Waals surface area contributed by atoms with Crippen LogP contribution < -0.4 is 15.4 Å². The van der Waals surface area contributed by atoms with Gasteiger partial charge in [-0.2, -0.15) is 0 Å². The van der Waals surface area contributed by atoms with Crippen molar-refractivity contribution in [3.8, 4) is 21.3 Å². The Morgan fingerprint density at radius 1 is 0.957 bits per heavy atom. The number of nitrogens with one attached hydrogen (secondary N) is 2. The molecule has 3 amide bonds. The van der Waals surface area contributed by atoms with Gasteiger partial charge in [0.05, 0.1) is 47.0 Å². The van der Waals surface area contributed by atoms with Crippen LogP contribution in [0.2, 0.25) is 5.02 Å². The minimum atomic E-state index is -0.709. The van der Waals surface area contributed by atoms with Crippen LogP contribution in [-0.2, 0) is 30.4 Å². The van der Waals surface area contributed by atoms with Crippen LogP contribution in [0.15, 0.2) is 69.6 Å². The summed E-state index contributed by atoms with van der Waals surface area (Å²) in [7, 11) is 1.59. The highest BCUT2D eigenvalue weighted by atomic mass is 35.5. The Kier molecular flexibility index (Phi) is 14.4. The van der Waals surface area contributed by atoms with Crippen LogP contribution >= 0.6 is 34.3 Å². The molecule has 2 aliphatic heterocycles. The summed E-state index contributed by atoms with van der Waals surface area (Å²) in [6.45, 7) is 13.1. The van der Waals surface area contributed by atoms with Crippen molar-refractivity contribution < 1.29 is 33.1 Å². The lowest BCUT2D eigenvalue weighted by atomic mass is 9.89. The summed E-state index contributed by atoms with van der Waals surface area (Å²) in [6.07, 6.45) is 1.47. The van der Waals surface area contributed by atoms with Gasteiger partial charge in [0.1, 0.15) is 35.4 Å². The molecule has 16 nitrogen and oxygen atoms in total. The summed E-state index contributed by atoms with van der Waals surface area (Å²) >= 11 is 9.53. The maximum atomic E-state index is 14.3. The summed E-state index contributed by atoms with van der Waals surface area (Å²) in [4.78, 5) is 55.0.